The van der Waals surface area contributed by atoms with E-state index in [1.807, 2.05) is 0 Å². The number of ether oxygens (including phenoxy) is 1. The lowest BCUT2D eigenvalue weighted by Crippen LogP contribution is -2.44. The molecule has 1 saturated heterocycles. The molecule has 0 saturated carbocycles. The summed E-state index contributed by atoms with van der Waals surface area (Å²) in [7, 11) is 1.20. The zero-order chi connectivity index (χ0) is 14.4. The maximum Gasteiger partial charge on any atom is 0.326 e. The molecule has 1 rings (SSSR count). The Bertz CT molecular complexity index is 395. The Hall–Kier alpha value is -2.12. The van der Waals surface area contributed by atoms with Gasteiger partial charge >= 0.3 is 11.9 Å². The van der Waals surface area contributed by atoms with Crippen LogP contribution in [-0.4, -0.2) is 48.6 Å². The van der Waals surface area contributed by atoms with Crippen molar-refractivity contribution in [1.82, 2.24) is 10.6 Å². The zero-order valence-corrected chi connectivity index (χ0v) is 10.5. The Kier molecular flexibility index (Phi) is 5.28. The van der Waals surface area contributed by atoms with Gasteiger partial charge in [-0.15, -0.1) is 0 Å². The number of hydrogen-bond acceptors (Lipinski definition) is 5. The van der Waals surface area contributed by atoms with E-state index in [4.69, 9.17) is 5.11 Å². The molecule has 0 aromatic carbocycles. The van der Waals surface area contributed by atoms with Gasteiger partial charge < -0.3 is 20.5 Å². The average Bonchev–Trinajstić information content (AvgIpc) is 2.80. The van der Waals surface area contributed by atoms with E-state index in [0.29, 0.717) is 0 Å². The molecule has 0 aromatic rings. The molecule has 1 aliphatic rings. The van der Waals surface area contributed by atoms with Crippen LogP contribution in [0.5, 0.6) is 0 Å². The van der Waals surface area contributed by atoms with Gasteiger partial charge in [-0.25, -0.2) is 4.79 Å². The van der Waals surface area contributed by atoms with Crippen molar-refractivity contribution in [3.05, 3.63) is 0 Å². The lowest BCUT2D eigenvalue weighted by molar-refractivity contribution is -0.144. The summed E-state index contributed by atoms with van der Waals surface area (Å²) >= 11 is 0. The number of carbonyl (C=O) groups is 4. The third kappa shape index (κ3) is 4.57. The second-order valence-corrected chi connectivity index (χ2v) is 4.22. The summed E-state index contributed by atoms with van der Waals surface area (Å²) in [6, 6.07) is -1.16. The largest absolute Gasteiger partial charge is 0.480 e. The van der Waals surface area contributed by atoms with E-state index >= 15 is 0 Å². The molecule has 1 aliphatic heterocycles. The molecule has 8 heteroatoms. The normalized spacial score (nSPS) is 19.4. The standard InChI is InChI=1S/C11H16N2O6/c1-19-9(15)3-2-7(11(17)18)13-10(16)6-4-8(14)12-5-6/h6-7H,2-5H2,1H3,(H,12,14)(H,13,16)(H,17,18)/t6?,7-/m1/s1. The molecule has 1 unspecified atom stereocenters. The van der Waals surface area contributed by atoms with Crippen molar-refractivity contribution >= 4 is 23.8 Å². The van der Waals surface area contributed by atoms with E-state index < -0.39 is 29.8 Å². The fourth-order valence-electron chi connectivity index (χ4n) is 1.70. The molecule has 0 aliphatic carbocycles. The molecule has 19 heavy (non-hydrogen) atoms. The number of rotatable bonds is 6. The van der Waals surface area contributed by atoms with Crippen molar-refractivity contribution in [2.24, 2.45) is 5.92 Å². The molecule has 3 N–H and O–H groups in total. The van der Waals surface area contributed by atoms with E-state index in [0.717, 1.165) is 0 Å². The summed E-state index contributed by atoms with van der Waals surface area (Å²) < 4.78 is 4.40. The van der Waals surface area contributed by atoms with Gasteiger partial charge in [-0.3, -0.25) is 14.4 Å². The van der Waals surface area contributed by atoms with Crippen LogP contribution in [0, 0.1) is 5.92 Å². The van der Waals surface area contributed by atoms with Gasteiger partial charge in [0.25, 0.3) is 0 Å². The molecule has 0 spiro atoms. The van der Waals surface area contributed by atoms with Crippen LogP contribution in [0.2, 0.25) is 0 Å². The summed E-state index contributed by atoms with van der Waals surface area (Å²) in [6.07, 6.45) is -0.105. The molecular weight excluding hydrogens is 256 g/mol. The molecule has 8 nitrogen and oxygen atoms in total. The maximum absolute atomic E-state index is 11.7. The van der Waals surface area contributed by atoms with Crippen LogP contribution in [0.15, 0.2) is 0 Å². The number of hydrogen-bond donors (Lipinski definition) is 3. The minimum atomic E-state index is -1.23. The summed E-state index contributed by atoms with van der Waals surface area (Å²) in [5.41, 5.74) is 0. The Morgan fingerprint density at radius 2 is 2.21 bits per heavy atom. The third-order valence-corrected chi connectivity index (χ3v) is 2.83. The van der Waals surface area contributed by atoms with E-state index in [1.165, 1.54) is 7.11 Å². The third-order valence-electron chi connectivity index (χ3n) is 2.83. The number of carbonyl (C=O) groups excluding carboxylic acids is 3. The van der Waals surface area contributed by atoms with E-state index in [2.05, 4.69) is 15.4 Å². The van der Waals surface area contributed by atoms with Crippen molar-refractivity contribution in [2.45, 2.75) is 25.3 Å². The lowest BCUT2D eigenvalue weighted by Gasteiger charge is -2.16. The number of esters is 1. The average molecular weight is 272 g/mol. The number of amides is 2. The molecular formula is C11H16N2O6. The van der Waals surface area contributed by atoms with Crippen molar-refractivity contribution in [2.75, 3.05) is 13.7 Å². The van der Waals surface area contributed by atoms with Crippen molar-refractivity contribution < 1.29 is 29.0 Å². The molecule has 2 atom stereocenters. The minimum Gasteiger partial charge on any atom is -0.480 e. The number of nitrogens with one attached hydrogen (secondary N) is 2. The van der Waals surface area contributed by atoms with E-state index in [1.54, 1.807) is 0 Å². The highest BCUT2D eigenvalue weighted by molar-refractivity contribution is 5.91. The number of methoxy groups -OCH3 is 1. The smallest absolute Gasteiger partial charge is 0.326 e. The van der Waals surface area contributed by atoms with Gasteiger partial charge in [-0.2, -0.15) is 0 Å². The highest BCUT2D eigenvalue weighted by Crippen LogP contribution is 2.10. The van der Waals surface area contributed by atoms with Gasteiger partial charge in [0.05, 0.1) is 13.0 Å². The van der Waals surface area contributed by atoms with E-state index in [-0.39, 0.29) is 31.7 Å². The van der Waals surface area contributed by atoms with E-state index in [9.17, 15) is 19.2 Å². The zero-order valence-electron chi connectivity index (χ0n) is 10.5. The second kappa shape index (κ2) is 6.72. The second-order valence-electron chi connectivity index (χ2n) is 4.22. The van der Waals surface area contributed by atoms with Gasteiger partial charge in [-0.05, 0) is 6.42 Å². The lowest BCUT2D eigenvalue weighted by atomic mass is 10.1. The predicted molar refractivity (Wildman–Crippen MR) is 61.9 cm³/mol. The van der Waals surface area contributed by atoms with Crippen LogP contribution in [-0.2, 0) is 23.9 Å². The highest BCUT2D eigenvalue weighted by Gasteiger charge is 2.31. The van der Waals surface area contributed by atoms with Crippen LogP contribution in [0.25, 0.3) is 0 Å². The number of carboxylic acids is 1. The van der Waals surface area contributed by atoms with Crippen molar-refractivity contribution in [3.8, 4) is 0 Å². The van der Waals surface area contributed by atoms with Crippen LogP contribution >= 0.6 is 0 Å². The first-order valence-electron chi connectivity index (χ1n) is 5.80. The summed E-state index contributed by atoms with van der Waals surface area (Å²) in [5, 5.41) is 13.8. The van der Waals surface area contributed by atoms with Crippen molar-refractivity contribution in [3.63, 3.8) is 0 Å². The van der Waals surface area contributed by atoms with Gasteiger partial charge in [-0.1, -0.05) is 0 Å². The van der Waals surface area contributed by atoms with Crippen LogP contribution in [0.4, 0.5) is 0 Å². The Balaban J connectivity index is 2.48. The van der Waals surface area contributed by atoms with Crippen LogP contribution < -0.4 is 10.6 Å². The number of carboxylic acid groups (broad SMARTS) is 1. The summed E-state index contributed by atoms with van der Waals surface area (Å²) in [5.74, 6) is -3.07. The quantitative estimate of drug-likeness (QED) is 0.514. The number of aliphatic carboxylic acids is 1. The molecule has 0 radical (unpaired) electrons. The Morgan fingerprint density at radius 1 is 1.53 bits per heavy atom. The van der Waals surface area contributed by atoms with Gasteiger partial charge in [0.2, 0.25) is 11.8 Å². The molecule has 0 aromatic heterocycles. The van der Waals surface area contributed by atoms with Gasteiger partial charge in [0.15, 0.2) is 0 Å². The molecule has 1 heterocycles. The minimum absolute atomic E-state index is 0.0508. The monoisotopic (exact) mass is 272 g/mol. The summed E-state index contributed by atoms with van der Waals surface area (Å²) in [4.78, 5) is 44.6. The predicted octanol–water partition coefficient (Wildman–Crippen LogP) is -1.35. The van der Waals surface area contributed by atoms with Gasteiger partial charge in [0, 0.05) is 19.4 Å². The molecule has 106 valence electrons. The Labute approximate surface area is 109 Å². The molecule has 2 amide bonds. The van der Waals surface area contributed by atoms with Crippen LogP contribution in [0.3, 0.4) is 0 Å². The SMILES string of the molecule is COC(=O)CC[C@@H](NC(=O)C1CNC(=O)C1)C(=O)O. The summed E-state index contributed by atoms with van der Waals surface area (Å²) in [6.45, 7) is 0.202. The molecule has 0 bridgehead atoms. The van der Waals surface area contributed by atoms with Crippen LogP contribution in [0.1, 0.15) is 19.3 Å². The first kappa shape index (κ1) is 14.9. The Morgan fingerprint density at radius 3 is 2.68 bits per heavy atom. The van der Waals surface area contributed by atoms with Crippen molar-refractivity contribution in [1.29, 1.82) is 0 Å². The first-order chi connectivity index (χ1) is 8.93. The fourth-order valence-corrected chi connectivity index (χ4v) is 1.70. The first-order valence-corrected chi connectivity index (χ1v) is 5.80. The maximum atomic E-state index is 11.7. The van der Waals surface area contributed by atoms with Gasteiger partial charge in [0.1, 0.15) is 6.04 Å². The highest BCUT2D eigenvalue weighted by atomic mass is 16.5. The fraction of sp³-hybridized carbons (Fsp3) is 0.636. The molecule has 1 fully saturated rings. The topological polar surface area (TPSA) is 122 Å².